The van der Waals surface area contributed by atoms with Gasteiger partial charge in [0.1, 0.15) is 11.6 Å². The van der Waals surface area contributed by atoms with Crippen molar-refractivity contribution in [3.8, 4) is 0 Å². The predicted molar refractivity (Wildman–Crippen MR) is 140 cm³/mol. The Labute approximate surface area is 200 Å². The molecule has 0 amide bonds. The van der Waals surface area contributed by atoms with Crippen molar-refractivity contribution < 1.29 is 14.3 Å². The lowest BCUT2D eigenvalue weighted by atomic mass is 9.85. The van der Waals surface area contributed by atoms with Gasteiger partial charge in [-0.25, -0.2) is 4.39 Å². The van der Waals surface area contributed by atoms with Crippen LogP contribution in [0.4, 0.5) is 4.39 Å². The van der Waals surface area contributed by atoms with Gasteiger partial charge in [0, 0.05) is 16.7 Å². The molecule has 0 spiro atoms. The van der Waals surface area contributed by atoms with E-state index in [2.05, 4.69) is 52.1 Å². The van der Waals surface area contributed by atoms with Crippen LogP contribution in [0, 0.1) is 12.7 Å². The highest BCUT2D eigenvalue weighted by molar-refractivity contribution is 7.10. The van der Waals surface area contributed by atoms with Gasteiger partial charge in [-0.05, 0) is 76.4 Å². The van der Waals surface area contributed by atoms with Crippen LogP contribution in [0.1, 0.15) is 101 Å². The minimum Gasteiger partial charge on any atom is -0.385 e. The number of nitrogens with one attached hydrogen (secondary N) is 1. The molecule has 2 rings (SSSR count). The van der Waals surface area contributed by atoms with Crippen LogP contribution in [0.2, 0.25) is 0 Å². The molecule has 32 heavy (non-hydrogen) atoms. The maximum absolute atomic E-state index is 12.4. The summed E-state index contributed by atoms with van der Waals surface area (Å²) in [5.74, 6) is 0.920. The molecule has 2 N–H and O–H groups in total. The van der Waals surface area contributed by atoms with Gasteiger partial charge >= 0.3 is 0 Å². The summed E-state index contributed by atoms with van der Waals surface area (Å²) < 4.78 is 12.4. The molecule has 0 saturated carbocycles. The zero-order valence-electron chi connectivity index (χ0n) is 22.3. The van der Waals surface area contributed by atoms with Crippen LogP contribution in [0.3, 0.4) is 0 Å². The Morgan fingerprint density at radius 1 is 1.06 bits per heavy atom. The number of rotatable bonds is 5. The summed E-state index contributed by atoms with van der Waals surface area (Å²) in [6.07, 6.45) is 0.571. The Balaban J connectivity index is 0. The fraction of sp³-hybridized carbons (Fsp3) is 0.593. The first-order valence-corrected chi connectivity index (χ1v) is 12.3. The molecule has 1 heterocycles. The van der Waals surface area contributed by atoms with Crippen LogP contribution in [0.5, 0.6) is 0 Å². The normalized spacial score (nSPS) is 10.5. The molecule has 0 aliphatic heterocycles. The third kappa shape index (κ3) is 12.5. The Morgan fingerprint density at radius 2 is 1.47 bits per heavy atom. The van der Waals surface area contributed by atoms with E-state index in [0.717, 1.165) is 0 Å². The van der Waals surface area contributed by atoms with Gasteiger partial charge in [0.25, 0.3) is 0 Å². The topological polar surface area (TPSA) is 49.3 Å². The van der Waals surface area contributed by atoms with E-state index in [1.165, 1.54) is 45.0 Å². The maximum atomic E-state index is 12.4. The first-order valence-electron chi connectivity index (χ1n) is 11.4. The van der Waals surface area contributed by atoms with Gasteiger partial charge in [-0.3, -0.25) is 4.79 Å². The monoisotopic (exact) mass is 467 g/mol. The van der Waals surface area contributed by atoms with Crippen molar-refractivity contribution in [2.45, 2.75) is 93.1 Å². The third-order valence-electron chi connectivity index (χ3n) is 4.30. The third-order valence-corrected chi connectivity index (χ3v) is 5.52. The van der Waals surface area contributed by atoms with E-state index < -0.39 is 5.60 Å². The zero-order valence-corrected chi connectivity index (χ0v) is 23.1. The molecule has 0 bridgehead atoms. The van der Waals surface area contributed by atoms with Crippen LogP contribution in [0.15, 0.2) is 23.6 Å². The molecule has 0 fully saturated rings. The predicted octanol–water partition coefficient (Wildman–Crippen LogP) is 7.35. The Kier molecular flexibility index (Phi) is 16.4. The Morgan fingerprint density at radius 3 is 1.69 bits per heavy atom. The number of Topliss-reactive ketones (excluding diaryl/α,β-unsaturated/α-hetero) is 1. The van der Waals surface area contributed by atoms with Gasteiger partial charge in [-0.1, -0.05) is 59.2 Å². The molecule has 0 saturated heterocycles. The highest BCUT2D eigenvalue weighted by Crippen LogP contribution is 2.30. The van der Waals surface area contributed by atoms with Crippen molar-refractivity contribution in [3.05, 3.63) is 56.5 Å². The highest BCUT2D eigenvalue weighted by Gasteiger charge is 2.18. The average molecular weight is 468 g/mol. The molecule has 0 radical (unpaired) electrons. The van der Waals surface area contributed by atoms with Crippen molar-refractivity contribution in [1.82, 2.24) is 5.32 Å². The molecule has 1 aromatic carbocycles. The SMILES string of the molecule is CC.CC(=O)Cc1c(C(C)C)cc(C)cc1C(C)C.CC(C)(O)c1cc(F)cs1.CNC. The fourth-order valence-corrected chi connectivity index (χ4v) is 3.77. The largest absolute Gasteiger partial charge is 0.385 e. The summed E-state index contributed by atoms with van der Waals surface area (Å²) in [7, 11) is 3.75. The van der Waals surface area contributed by atoms with E-state index in [1.54, 1.807) is 20.8 Å². The lowest BCUT2D eigenvalue weighted by molar-refractivity contribution is -0.116. The minimum atomic E-state index is -0.908. The van der Waals surface area contributed by atoms with Gasteiger partial charge in [-0.2, -0.15) is 0 Å². The van der Waals surface area contributed by atoms with Crippen LogP contribution < -0.4 is 5.32 Å². The summed E-state index contributed by atoms with van der Waals surface area (Å²) in [4.78, 5) is 12.1. The molecule has 0 unspecified atom stereocenters. The molecule has 1 aromatic heterocycles. The molecule has 0 atom stereocenters. The van der Waals surface area contributed by atoms with Crippen molar-refractivity contribution >= 4 is 17.1 Å². The second-order valence-electron chi connectivity index (χ2n) is 8.80. The summed E-state index contributed by atoms with van der Waals surface area (Å²) in [6, 6.07) is 5.81. The van der Waals surface area contributed by atoms with Gasteiger partial charge in [0.2, 0.25) is 0 Å². The van der Waals surface area contributed by atoms with E-state index in [-0.39, 0.29) is 11.6 Å². The first-order chi connectivity index (χ1) is 14.7. The van der Waals surface area contributed by atoms with Crippen LogP contribution >= 0.6 is 11.3 Å². The number of halogens is 1. The van der Waals surface area contributed by atoms with Gasteiger partial charge < -0.3 is 10.4 Å². The number of aryl methyl sites for hydroxylation is 1. The molecular weight excluding hydrogens is 421 g/mol. The van der Waals surface area contributed by atoms with Crippen molar-refractivity contribution in [1.29, 1.82) is 0 Å². The maximum Gasteiger partial charge on any atom is 0.134 e. The fourth-order valence-electron chi connectivity index (χ4n) is 2.99. The number of hydrogen-bond acceptors (Lipinski definition) is 4. The number of aliphatic hydroxyl groups is 1. The number of carbonyl (C=O) groups excluding carboxylic acids is 1. The second-order valence-corrected chi connectivity index (χ2v) is 9.71. The lowest BCUT2D eigenvalue weighted by Gasteiger charge is -2.20. The summed E-state index contributed by atoms with van der Waals surface area (Å²) in [5.41, 5.74) is 4.32. The van der Waals surface area contributed by atoms with E-state index in [0.29, 0.717) is 23.1 Å². The molecule has 0 aliphatic rings. The van der Waals surface area contributed by atoms with Crippen LogP contribution in [0.25, 0.3) is 0 Å². The summed E-state index contributed by atoms with van der Waals surface area (Å²) >= 11 is 1.23. The second kappa shape index (κ2) is 16.1. The molecule has 5 heteroatoms. The number of carbonyl (C=O) groups is 1. The molecule has 2 aromatic rings. The number of benzene rings is 1. The Bertz CT molecular complexity index is 760. The average Bonchev–Trinajstić information content (AvgIpc) is 3.12. The number of ketones is 1. The molecular formula is C27H46FNO2S. The summed E-state index contributed by atoms with van der Waals surface area (Å²) in [6.45, 7) is 19.9. The zero-order chi connectivity index (χ0) is 25.6. The van der Waals surface area contributed by atoms with Gasteiger partial charge in [0.05, 0.1) is 5.60 Å². The summed E-state index contributed by atoms with van der Waals surface area (Å²) in [5, 5.41) is 13.5. The number of hydrogen-bond donors (Lipinski definition) is 2. The van der Waals surface area contributed by atoms with Crippen molar-refractivity contribution in [2.75, 3.05) is 14.1 Å². The number of thiophene rings is 1. The lowest BCUT2D eigenvalue weighted by Crippen LogP contribution is -2.12. The van der Waals surface area contributed by atoms with Gasteiger partial charge in [0.15, 0.2) is 0 Å². The first kappa shape index (κ1) is 32.6. The van der Waals surface area contributed by atoms with Gasteiger partial charge in [-0.15, -0.1) is 11.3 Å². The smallest absolute Gasteiger partial charge is 0.134 e. The molecule has 0 aliphatic carbocycles. The molecule has 184 valence electrons. The van der Waals surface area contributed by atoms with E-state index >= 15 is 0 Å². The van der Waals surface area contributed by atoms with E-state index in [9.17, 15) is 14.3 Å². The minimum absolute atomic E-state index is 0.248. The molecule has 3 nitrogen and oxygen atoms in total. The Hall–Kier alpha value is -1.56. The van der Waals surface area contributed by atoms with E-state index in [4.69, 9.17) is 0 Å². The highest BCUT2D eigenvalue weighted by atomic mass is 32.1. The standard InChI is InChI=1S/C16H24O.C7H9FOS.C2H7N.C2H6/c1-10(2)14-7-12(5)8-15(11(3)4)16(14)9-13(6)17;1-7(2,9)6-3-5(8)4-10-6;1-3-2;1-2/h7-8,10-11H,9H2,1-6H3;3-4,9H,1-2H3;3H,1-2H3;1-2H3. The van der Waals surface area contributed by atoms with Crippen LogP contribution in [-0.2, 0) is 16.8 Å². The van der Waals surface area contributed by atoms with Crippen molar-refractivity contribution in [3.63, 3.8) is 0 Å². The van der Waals surface area contributed by atoms with Crippen molar-refractivity contribution in [2.24, 2.45) is 0 Å². The van der Waals surface area contributed by atoms with Crippen LogP contribution in [-0.4, -0.2) is 25.0 Å². The van der Waals surface area contributed by atoms with E-state index in [1.807, 2.05) is 27.9 Å². The quantitative estimate of drug-likeness (QED) is 0.483.